The van der Waals surface area contributed by atoms with Crippen molar-refractivity contribution in [3.8, 4) is 0 Å². The molecule has 0 radical (unpaired) electrons. The van der Waals surface area contributed by atoms with E-state index in [-0.39, 0.29) is 30.0 Å². The first-order chi connectivity index (χ1) is 14.5. The van der Waals surface area contributed by atoms with Gasteiger partial charge in [0.15, 0.2) is 0 Å². The maximum Gasteiger partial charge on any atom is 0.341 e. The van der Waals surface area contributed by atoms with Crippen LogP contribution < -0.4 is 0 Å². The number of aliphatic hydroxyl groups excluding tert-OH is 1. The number of methoxy groups -OCH3 is 1. The van der Waals surface area contributed by atoms with Crippen molar-refractivity contribution < 1.29 is 19.4 Å². The molecular formula is C22H37N3O4S. The average Bonchev–Trinajstić information content (AvgIpc) is 3.27. The van der Waals surface area contributed by atoms with Crippen molar-refractivity contribution in [2.45, 2.75) is 94.6 Å². The van der Waals surface area contributed by atoms with E-state index in [1.807, 2.05) is 16.7 Å². The predicted molar refractivity (Wildman–Crippen MR) is 120 cm³/mol. The van der Waals surface area contributed by atoms with Gasteiger partial charge in [0.05, 0.1) is 31.5 Å². The van der Waals surface area contributed by atoms with Crippen LogP contribution in [0.2, 0.25) is 0 Å². The van der Waals surface area contributed by atoms with Gasteiger partial charge in [0.1, 0.15) is 0 Å². The highest BCUT2D eigenvalue weighted by molar-refractivity contribution is 7.99. The Kier molecular flexibility index (Phi) is 8.86. The van der Waals surface area contributed by atoms with Crippen LogP contribution in [0.25, 0.3) is 0 Å². The fraction of sp³-hybridized carbons (Fsp3) is 0.864. The molecule has 0 aromatic heterocycles. The average molecular weight is 440 g/mol. The Morgan fingerprint density at radius 1 is 1.30 bits per heavy atom. The molecule has 2 saturated carbocycles. The monoisotopic (exact) mass is 439 g/mol. The summed E-state index contributed by atoms with van der Waals surface area (Å²) >= 11 is 1.89. The Labute approximate surface area is 184 Å². The number of ether oxygens (including phenoxy) is 1. The third kappa shape index (κ3) is 5.69. The molecule has 7 nitrogen and oxygen atoms in total. The molecule has 170 valence electrons. The van der Waals surface area contributed by atoms with Crippen molar-refractivity contribution in [3.63, 3.8) is 0 Å². The molecule has 3 rings (SSSR count). The van der Waals surface area contributed by atoms with E-state index in [2.05, 4.69) is 12.0 Å². The van der Waals surface area contributed by atoms with Crippen LogP contribution in [-0.4, -0.2) is 76.1 Å². The van der Waals surface area contributed by atoms with Crippen LogP contribution in [0.15, 0.2) is 5.10 Å². The van der Waals surface area contributed by atoms with Gasteiger partial charge in [-0.05, 0) is 50.2 Å². The molecule has 1 saturated heterocycles. The van der Waals surface area contributed by atoms with Crippen molar-refractivity contribution in [1.82, 2.24) is 9.91 Å². The minimum absolute atomic E-state index is 0.0203. The highest BCUT2D eigenvalue weighted by atomic mass is 32.2. The van der Waals surface area contributed by atoms with E-state index in [4.69, 9.17) is 4.74 Å². The minimum atomic E-state index is -0.568. The molecule has 0 aromatic carbocycles. The molecule has 3 fully saturated rings. The van der Waals surface area contributed by atoms with Gasteiger partial charge in [-0.25, -0.2) is 9.80 Å². The SMILES string of the molecule is CCCN1C(=O)N(N=CC(O)C2CCCCC2)C2CC(SCCCC(=O)OC)CC21. The molecule has 0 bridgehead atoms. The Bertz CT molecular complexity index is 611. The number of urea groups is 1. The van der Waals surface area contributed by atoms with Crippen LogP contribution in [0.5, 0.6) is 0 Å². The molecule has 2 aliphatic carbocycles. The van der Waals surface area contributed by atoms with Crippen LogP contribution in [0.3, 0.4) is 0 Å². The molecule has 30 heavy (non-hydrogen) atoms. The highest BCUT2D eigenvalue weighted by Gasteiger charge is 2.51. The maximum atomic E-state index is 13.0. The molecule has 3 aliphatic rings. The first kappa shape index (κ1) is 23.4. The second kappa shape index (κ2) is 11.4. The summed E-state index contributed by atoms with van der Waals surface area (Å²) < 4.78 is 4.70. The number of rotatable bonds is 10. The fourth-order valence-electron chi connectivity index (χ4n) is 5.04. The summed E-state index contributed by atoms with van der Waals surface area (Å²) in [6.07, 6.45) is 10.8. The number of carbonyl (C=O) groups is 2. The number of aliphatic hydroxyl groups is 1. The number of hydrogen-bond donors (Lipinski definition) is 1. The zero-order valence-corrected chi connectivity index (χ0v) is 19.2. The number of hydrogen-bond acceptors (Lipinski definition) is 6. The topological polar surface area (TPSA) is 82.4 Å². The second-order valence-corrected chi connectivity index (χ2v) is 10.2. The molecule has 0 spiro atoms. The quantitative estimate of drug-likeness (QED) is 0.319. The number of carbonyl (C=O) groups excluding carboxylic acids is 2. The number of fused-ring (bicyclic) bond motifs is 1. The van der Waals surface area contributed by atoms with E-state index in [0.29, 0.717) is 11.7 Å². The van der Waals surface area contributed by atoms with Gasteiger partial charge in [-0.15, -0.1) is 0 Å². The Morgan fingerprint density at radius 2 is 2.03 bits per heavy atom. The standard InChI is InChI=1S/C22H37N3O4S/c1-3-11-24-18-13-17(30-12-7-10-21(27)29-2)14-19(18)25(22(24)28)23-15-20(26)16-8-5-4-6-9-16/h15-20,26H,3-14H2,1-2H3. The van der Waals surface area contributed by atoms with Crippen LogP contribution in [0, 0.1) is 5.92 Å². The maximum absolute atomic E-state index is 13.0. The first-order valence-electron chi connectivity index (χ1n) is 11.6. The molecule has 8 heteroatoms. The van der Waals surface area contributed by atoms with Crippen molar-refractivity contribution >= 4 is 30.0 Å². The van der Waals surface area contributed by atoms with Crippen molar-refractivity contribution in [2.75, 3.05) is 19.4 Å². The van der Waals surface area contributed by atoms with E-state index in [1.54, 1.807) is 11.2 Å². The molecule has 0 aromatic rings. The van der Waals surface area contributed by atoms with Crippen LogP contribution in [0.1, 0.15) is 71.1 Å². The molecule has 4 atom stereocenters. The van der Waals surface area contributed by atoms with Gasteiger partial charge in [-0.3, -0.25) is 4.79 Å². The van der Waals surface area contributed by atoms with Crippen LogP contribution in [0.4, 0.5) is 4.79 Å². The summed E-state index contributed by atoms with van der Waals surface area (Å²) in [4.78, 5) is 26.2. The largest absolute Gasteiger partial charge is 0.469 e. The molecule has 1 heterocycles. The minimum Gasteiger partial charge on any atom is -0.469 e. The van der Waals surface area contributed by atoms with E-state index in [1.165, 1.54) is 26.4 Å². The number of hydrazone groups is 1. The van der Waals surface area contributed by atoms with E-state index < -0.39 is 6.10 Å². The van der Waals surface area contributed by atoms with Crippen molar-refractivity contribution in [1.29, 1.82) is 0 Å². The summed E-state index contributed by atoms with van der Waals surface area (Å²) in [7, 11) is 1.42. The third-order valence-electron chi connectivity index (χ3n) is 6.66. The summed E-state index contributed by atoms with van der Waals surface area (Å²) in [6, 6.07) is 0.254. The van der Waals surface area contributed by atoms with E-state index in [0.717, 1.165) is 50.8 Å². The second-order valence-electron chi connectivity index (χ2n) is 8.75. The summed E-state index contributed by atoms with van der Waals surface area (Å²) in [6.45, 7) is 2.84. The Hall–Kier alpha value is -1.28. The lowest BCUT2D eigenvalue weighted by molar-refractivity contribution is -0.140. The Morgan fingerprint density at radius 3 is 2.73 bits per heavy atom. The van der Waals surface area contributed by atoms with Gasteiger partial charge in [-0.2, -0.15) is 16.9 Å². The number of amides is 2. The molecule has 2 amide bonds. The lowest BCUT2D eigenvalue weighted by Crippen LogP contribution is -2.35. The number of esters is 1. The van der Waals surface area contributed by atoms with Gasteiger partial charge in [0.2, 0.25) is 0 Å². The summed E-state index contributed by atoms with van der Waals surface area (Å²) in [5, 5.41) is 17.2. The number of thioether (sulfide) groups is 1. The van der Waals surface area contributed by atoms with E-state index in [9.17, 15) is 14.7 Å². The van der Waals surface area contributed by atoms with Crippen LogP contribution >= 0.6 is 11.8 Å². The molecular weight excluding hydrogens is 402 g/mol. The van der Waals surface area contributed by atoms with Gasteiger partial charge >= 0.3 is 12.0 Å². The zero-order valence-electron chi connectivity index (χ0n) is 18.4. The third-order valence-corrected chi connectivity index (χ3v) is 8.04. The number of nitrogens with zero attached hydrogens (tertiary/aromatic N) is 3. The van der Waals surface area contributed by atoms with Gasteiger partial charge in [0.25, 0.3) is 0 Å². The van der Waals surface area contributed by atoms with Crippen LogP contribution in [-0.2, 0) is 9.53 Å². The molecule has 1 aliphatic heterocycles. The summed E-state index contributed by atoms with van der Waals surface area (Å²) in [5.41, 5.74) is 0. The highest BCUT2D eigenvalue weighted by Crippen LogP contribution is 2.41. The smallest absolute Gasteiger partial charge is 0.341 e. The normalized spacial score (nSPS) is 28.4. The zero-order chi connectivity index (χ0) is 21.5. The van der Waals surface area contributed by atoms with Gasteiger partial charge < -0.3 is 14.7 Å². The Balaban J connectivity index is 1.57. The molecule has 1 N–H and O–H groups in total. The lowest BCUT2D eigenvalue weighted by atomic mass is 9.86. The fourth-order valence-corrected chi connectivity index (χ4v) is 6.35. The predicted octanol–water partition coefficient (Wildman–Crippen LogP) is 3.65. The lowest BCUT2D eigenvalue weighted by Gasteiger charge is -2.25. The molecule has 4 unspecified atom stereocenters. The van der Waals surface area contributed by atoms with Crippen molar-refractivity contribution in [2.24, 2.45) is 11.0 Å². The van der Waals surface area contributed by atoms with Crippen molar-refractivity contribution in [3.05, 3.63) is 0 Å². The van der Waals surface area contributed by atoms with Gasteiger partial charge in [-0.1, -0.05) is 26.2 Å². The first-order valence-corrected chi connectivity index (χ1v) is 12.6. The summed E-state index contributed by atoms with van der Waals surface area (Å²) in [5.74, 6) is 1.03. The van der Waals surface area contributed by atoms with Gasteiger partial charge in [0, 0.05) is 18.2 Å². The van der Waals surface area contributed by atoms with E-state index >= 15 is 0 Å².